The van der Waals surface area contributed by atoms with Crippen LogP contribution in [0, 0.1) is 0 Å². The van der Waals surface area contributed by atoms with Crippen LogP contribution in [0.5, 0.6) is 0 Å². The third-order valence-electron chi connectivity index (χ3n) is 2.26. The number of halogens is 2. The highest BCUT2D eigenvalue weighted by atomic mass is 19.3. The van der Waals surface area contributed by atoms with Gasteiger partial charge in [-0.3, -0.25) is 0 Å². The molecule has 1 heterocycles. The zero-order valence-electron chi connectivity index (χ0n) is 8.35. The van der Waals surface area contributed by atoms with Gasteiger partial charge >= 0.3 is 0 Å². The third kappa shape index (κ3) is 1.81. The number of benzene rings is 1. The lowest BCUT2D eigenvalue weighted by molar-refractivity contribution is 0.138. The van der Waals surface area contributed by atoms with E-state index in [0.29, 0.717) is 5.69 Å². The number of hydrogen-bond acceptors (Lipinski definition) is 2. The van der Waals surface area contributed by atoms with Gasteiger partial charge in [0.15, 0.2) is 0 Å². The maximum absolute atomic E-state index is 12.8. The maximum atomic E-state index is 12.8. The molecule has 0 unspecified atom stereocenters. The number of aliphatic hydroxyl groups is 1. The van der Waals surface area contributed by atoms with Gasteiger partial charge in [-0.2, -0.15) is 5.10 Å². The Morgan fingerprint density at radius 3 is 2.50 bits per heavy atom. The van der Waals surface area contributed by atoms with Crippen molar-refractivity contribution in [2.45, 2.75) is 13.0 Å². The molecule has 1 aromatic heterocycles. The highest BCUT2D eigenvalue weighted by Gasteiger charge is 2.20. The summed E-state index contributed by atoms with van der Waals surface area (Å²) in [6.45, 7) is -0.438. The summed E-state index contributed by atoms with van der Waals surface area (Å²) in [5, 5.41) is 12.8. The molecule has 0 atom stereocenters. The molecule has 0 aliphatic heterocycles. The average molecular weight is 224 g/mol. The molecule has 0 saturated carbocycles. The second-order valence-corrected chi connectivity index (χ2v) is 3.26. The number of para-hydroxylation sites is 1. The lowest BCUT2D eigenvalue weighted by atomic mass is 10.2. The molecule has 0 radical (unpaired) electrons. The van der Waals surface area contributed by atoms with E-state index in [1.807, 2.05) is 0 Å². The molecule has 1 N–H and O–H groups in total. The Bertz CT molecular complexity index is 468. The average Bonchev–Trinajstić information content (AvgIpc) is 2.73. The Morgan fingerprint density at radius 1 is 1.25 bits per heavy atom. The summed E-state index contributed by atoms with van der Waals surface area (Å²) >= 11 is 0. The SMILES string of the molecule is OCc1cnn(-c2ccccc2)c1C(F)F. The lowest BCUT2D eigenvalue weighted by Crippen LogP contribution is -2.04. The first kappa shape index (κ1) is 10.8. The fourth-order valence-electron chi connectivity index (χ4n) is 1.52. The minimum Gasteiger partial charge on any atom is -0.392 e. The molecule has 1 aromatic carbocycles. The summed E-state index contributed by atoms with van der Waals surface area (Å²) in [7, 11) is 0. The molecule has 0 saturated heterocycles. The summed E-state index contributed by atoms with van der Waals surface area (Å²) in [5.41, 5.74) is 0.449. The molecule has 0 amide bonds. The standard InChI is InChI=1S/C11H10F2N2O/c12-11(13)10-8(7-16)6-14-15(10)9-4-2-1-3-5-9/h1-6,11,16H,7H2. The van der Waals surface area contributed by atoms with Gasteiger partial charge < -0.3 is 5.11 Å². The first-order valence-electron chi connectivity index (χ1n) is 4.75. The van der Waals surface area contributed by atoms with Gasteiger partial charge in [-0.15, -0.1) is 0 Å². The summed E-state index contributed by atoms with van der Waals surface area (Å²) in [6, 6.07) is 8.64. The monoisotopic (exact) mass is 224 g/mol. The second kappa shape index (κ2) is 4.40. The van der Waals surface area contributed by atoms with Crippen LogP contribution in [0.25, 0.3) is 5.69 Å². The van der Waals surface area contributed by atoms with Crippen LogP contribution in [0.2, 0.25) is 0 Å². The number of aromatic nitrogens is 2. The Hall–Kier alpha value is -1.75. The number of rotatable bonds is 3. The zero-order chi connectivity index (χ0) is 11.5. The molecule has 0 aliphatic rings. The van der Waals surface area contributed by atoms with E-state index in [4.69, 9.17) is 5.11 Å². The fourth-order valence-corrected chi connectivity index (χ4v) is 1.52. The van der Waals surface area contributed by atoms with Crippen molar-refractivity contribution in [3.63, 3.8) is 0 Å². The predicted molar refractivity (Wildman–Crippen MR) is 54.4 cm³/mol. The van der Waals surface area contributed by atoms with E-state index in [9.17, 15) is 8.78 Å². The van der Waals surface area contributed by atoms with E-state index in [0.717, 1.165) is 4.68 Å². The van der Waals surface area contributed by atoms with E-state index in [1.165, 1.54) is 6.20 Å². The van der Waals surface area contributed by atoms with E-state index in [1.54, 1.807) is 30.3 Å². The number of alkyl halides is 2. The minimum atomic E-state index is -2.66. The van der Waals surface area contributed by atoms with Crippen LogP contribution < -0.4 is 0 Å². The second-order valence-electron chi connectivity index (χ2n) is 3.26. The van der Waals surface area contributed by atoms with Crippen molar-refractivity contribution in [2.75, 3.05) is 0 Å². The molecule has 84 valence electrons. The first-order chi connectivity index (χ1) is 7.74. The van der Waals surface area contributed by atoms with Gasteiger partial charge in [0.05, 0.1) is 18.5 Å². The molecular weight excluding hydrogens is 214 g/mol. The van der Waals surface area contributed by atoms with Crippen LogP contribution >= 0.6 is 0 Å². The van der Waals surface area contributed by atoms with Crippen LogP contribution in [0.4, 0.5) is 8.78 Å². The number of hydrogen-bond donors (Lipinski definition) is 1. The van der Waals surface area contributed by atoms with Gasteiger partial charge in [-0.1, -0.05) is 18.2 Å². The van der Waals surface area contributed by atoms with Crippen molar-refractivity contribution in [3.05, 3.63) is 47.8 Å². The molecular formula is C11H10F2N2O. The highest BCUT2D eigenvalue weighted by Crippen LogP contribution is 2.25. The van der Waals surface area contributed by atoms with Crippen LogP contribution in [0.15, 0.2) is 36.5 Å². The van der Waals surface area contributed by atoms with Crippen molar-refractivity contribution < 1.29 is 13.9 Å². The topological polar surface area (TPSA) is 38.1 Å². The molecule has 2 aromatic rings. The molecule has 3 nitrogen and oxygen atoms in total. The molecule has 16 heavy (non-hydrogen) atoms. The van der Waals surface area contributed by atoms with Crippen molar-refractivity contribution in [3.8, 4) is 5.69 Å². The Labute approximate surface area is 91.0 Å². The molecule has 0 aliphatic carbocycles. The molecule has 0 fully saturated rings. The van der Waals surface area contributed by atoms with Crippen LogP contribution in [0.3, 0.4) is 0 Å². The molecule has 0 spiro atoms. The Morgan fingerprint density at radius 2 is 1.94 bits per heavy atom. The molecule has 0 bridgehead atoms. The Balaban J connectivity index is 2.53. The summed E-state index contributed by atoms with van der Waals surface area (Å²) in [5.74, 6) is 0. The normalized spacial score (nSPS) is 11.0. The van der Waals surface area contributed by atoms with Crippen molar-refractivity contribution in [1.82, 2.24) is 9.78 Å². The molecule has 2 rings (SSSR count). The van der Waals surface area contributed by atoms with E-state index < -0.39 is 13.0 Å². The van der Waals surface area contributed by atoms with Crippen molar-refractivity contribution in [1.29, 1.82) is 0 Å². The largest absolute Gasteiger partial charge is 0.392 e. The lowest BCUT2D eigenvalue weighted by Gasteiger charge is -2.07. The van der Waals surface area contributed by atoms with Crippen LogP contribution in [-0.4, -0.2) is 14.9 Å². The van der Waals surface area contributed by atoms with E-state index in [2.05, 4.69) is 5.10 Å². The zero-order valence-corrected chi connectivity index (χ0v) is 8.35. The summed E-state index contributed by atoms with van der Waals surface area (Å²) in [4.78, 5) is 0. The van der Waals surface area contributed by atoms with E-state index >= 15 is 0 Å². The summed E-state index contributed by atoms with van der Waals surface area (Å²) < 4.78 is 26.8. The maximum Gasteiger partial charge on any atom is 0.280 e. The number of nitrogens with zero attached hydrogens (tertiary/aromatic N) is 2. The smallest absolute Gasteiger partial charge is 0.280 e. The van der Waals surface area contributed by atoms with Gasteiger partial charge in [0.1, 0.15) is 5.69 Å². The van der Waals surface area contributed by atoms with Crippen LogP contribution in [-0.2, 0) is 6.61 Å². The predicted octanol–water partition coefficient (Wildman–Crippen LogP) is 2.30. The highest BCUT2D eigenvalue weighted by molar-refractivity contribution is 5.35. The van der Waals surface area contributed by atoms with Crippen molar-refractivity contribution in [2.24, 2.45) is 0 Å². The van der Waals surface area contributed by atoms with Gasteiger partial charge in [-0.05, 0) is 12.1 Å². The fraction of sp³-hybridized carbons (Fsp3) is 0.182. The van der Waals surface area contributed by atoms with Gasteiger partial charge in [0.25, 0.3) is 6.43 Å². The summed E-state index contributed by atoms with van der Waals surface area (Å²) in [6.07, 6.45) is -1.40. The molecule has 5 heteroatoms. The van der Waals surface area contributed by atoms with E-state index in [-0.39, 0.29) is 11.3 Å². The Kier molecular flexibility index (Phi) is 2.96. The van der Waals surface area contributed by atoms with Crippen molar-refractivity contribution >= 4 is 0 Å². The minimum absolute atomic E-state index is 0.152. The first-order valence-corrected chi connectivity index (χ1v) is 4.75. The van der Waals surface area contributed by atoms with Gasteiger partial charge in [0.2, 0.25) is 0 Å². The van der Waals surface area contributed by atoms with Crippen LogP contribution in [0.1, 0.15) is 17.7 Å². The number of aliphatic hydroxyl groups excluding tert-OH is 1. The third-order valence-corrected chi connectivity index (χ3v) is 2.26. The van der Waals surface area contributed by atoms with Gasteiger partial charge in [0, 0.05) is 5.56 Å². The van der Waals surface area contributed by atoms with Gasteiger partial charge in [-0.25, -0.2) is 13.5 Å². The quantitative estimate of drug-likeness (QED) is 0.868.